The lowest BCUT2D eigenvalue weighted by Crippen LogP contribution is -2.18. The first-order chi connectivity index (χ1) is 10.6. The van der Waals surface area contributed by atoms with Crippen LogP contribution in [0.3, 0.4) is 0 Å². The van der Waals surface area contributed by atoms with Gasteiger partial charge in [-0.25, -0.2) is 8.78 Å². The number of hydrogen-bond acceptors (Lipinski definition) is 1. The number of hydrogen-bond donors (Lipinski definition) is 0. The van der Waals surface area contributed by atoms with Crippen molar-refractivity contribution in [2.75, 3.05) is 0 Å². The summed E-state index contributed by atoms with van der Waals surface area (Å²) in [6.07, 6.45) is 1.59. The second kappa shape index (κ2) is 5.56. The molecule has 0 bridgehead atoms. The van der Waals surface area contributed by atoms with Gasteiger partial charge in [0.2, 0.25) is 0 Å². The lowest BCUT2D eigenvalue weighted by atomic mass is 10.0. The normalized spacial score (nSPS) is 10.7. The fraction of sp³-hybridized carbons (Fsp3) is 0.0556. The van der Waals surface area contributed by atoms with Crippen LogP contribution in [0.1, 0.15) is 5.56 Å². The van der Waals surface area contributed by atoms with E-state index in [1.165, 1.54) is 28.8 Å². The van der Waals surface area contributed by atoms with Gasteiger partial charge in [-0.15, -0.1) is 0 Å². The molecular formula is C18H13F2NO. The van der Waals surface area contributed by atoms with Crippen molar-refractivity contribution in [1.82, 2.24) is 4.57 Å². The maximum absolute atomic E-state index is 13.9. The zero-order valence-electron chi connectivity index (χ0n) is 11.9. The molecule has 3 rings (SSSR count). The van der Waals surface area contributed by atoms with E-state index in [-0.39, 0.29) is 17.1 Å². The third kappa shape index (κ3) is 2.55. The highest BCUT2D eigenvalue weighted by Crippen LogP contribution is 2.23. The molecule has 0 unspecified atom stereocenters. The molecule has 2 aromatic carbocycles. The molecule has 3 aromatic rings. The first-order valence-corrected chi connectivity index (χ1v) is 6.80. The Morgan fingerprint density at radius 3 is 2.32 bits per heavy atom. The largest absolute Gasteiger partial charge is 0.281 e. The number of halogens is 2. The highest BCUT2D eigenvalue weighted by atomic mass is 19.1. The molecule has 1 heterocycles. The molecule has 110 valence electrons. The van der Waals surface area contributed by atoms with Gasteiger partial charge in [0.25, 0.3) is 5.56 Å². The summed E-state index contributed by atoms with van der Waals surface area (Å²) in [4.78, 5) is 12.2. The minimum atomic E-state index is -0.474. The fourth-order valence-electron chi connectivity index (χ4n) is 2.39. The minimum Gasteiger partial charge on any atom is -0.281 e. The van der Waals surface area contributed by atoms with Gasteiger partial charge in [-0.1, -0.05) is 24.3 Å². The summed E-state index contributed by atoms with van der Waals surface area (Å²) in [6, 6.07) is 13.5. The van der Waals surface area contributed by atoms with E-state index in [2.05, 4.69) is 0 Å². The summed E-state index contributed by atoms with van der Waals surface area (Å²) in [6.45, 7) is 1.80. The molecule has 0 fully saturated rings. The zero-order valence-corrected chi connectivity index (χ0v) is 11.9. The maximum atomic E-state index is 13.9. The summed E-state index contributed by atoms with van der Waals surface area (Å²) in [7, 11) is 0. The lowest BCUT2D eigenvalue weighted by molar-refractivity contribution is 0.616. The van der Waals surface area contributed by atoms with Crippen molar-refractivity contribution >= 4 is 0 Å². The number of pyridine rings is 1. The molecule has 2 nitrogen and oxygen atoms in total. The first kappa shape index (κ1) is 14.2. The third-order valence-electron chi connectivity index (χ3n) is 3.53. The van der Waals surface area contributed by atoms with Crippen molar-refractivity contribution in [1.29, 1.82) is 0 Å². The molecular weight excluding hydrogens is 284 g/mol. The summed E-state index contributed by atoms with van der Waals surface area (Å²) in [5.74, 6) is -0.803. The fourth-order valence-corrected chi connectivity index (χ4v) is 2.39. The molecule has 0 aliphatic heterocycles. The summed E-state index contributed by atoms with van der Waals surface area (Å²) in [5, 5.41) is 0. The van der Waals surface area contributed by atoms with E-state index in [4.69, 9.17) is 0 Å². The number of benzene rings is 2. The second-order valence-electron chi connectivity index (χ2n) is 5.04. The Balaban J connectivity index is 2.22. The van der Waals surface area contributed by atoms with Gasteiger partial charge in [-0.3, -0.25) is 9.36 Å². The van der Waals surface area contributed by atoms with Crippen molar-refractivity contribution in [3.63, 3.8) is 0 Å². The summed E-state index contributed by atoms with van der Waals surface area (Å²) >= 11 is 0. The Morgan fingerprint density at radius 2 is 1.64 bits per heavy atom. The van der Waals surface area contributed by atoms with Crippen molar-refractivity contribution in [2.45, 2.75) is 6.92 Å². The summed E-state index contributed by atoms with van der Waals surface area (Å²) < 4.78 is 28.3. The molecule has 22 heavy (non-hydrogen) atoms. The predicted octanol–water partition coefficient (Wildman–Crippen LogP) is 4.09. The maximum Gasteiger partial charge on any atom is 0.255 e. The standard InChI is InChI=1S/C18H13F2NO/c1-12-10-18(22)21(17-5-3-2-4-16(17)20)11-15(12)13-6-8-14(19)9-7-13/h2-11H,1H3. The Labute approximate surface area is 126 Å². The Morgan fingerprint density at radius 1 is 0.955 bits per heavy atom. The number of para-hydroxylation sites is 1. The van der Waals surface area contributed by atoms with Crippen LogP contribution >= 0.6 is 0 Å². The van der Waals surface area contributed by atoms with Crippen LogP contribution in [0.2, 0.25) is 0 Å². The highest BCUT2D eigenvalue weighted by Gasteiger charge is 2.10. The molecule has 0 spiro atoms. The molecule has 0 amide bonds. The van der Waals surface area contributed by atoms with Gasteiger partial charge >= 0.3 is 0 Å². The number of rotatable bonds is 2. The van der Waals surface area contributed by atoms with Crippen molar-refractivity contribution in [3.05, 3.63) is 88.3 Å². The van der Waals surface area contributed by atoms with Crippen molar-refractivity contribution in [2.24, 2.45) is 0 Å². The Kier molecular flexibility index (Phi) is 3.59. The van der Waals surface area contributed by atoms with Gasteiger partial charge in [0, 0.05) is 17.8 Å². The topological polar surface area (TPSA) is 22.0 Å². The smallest absolute Gasteiger partial charge is 0.255 e. The molecule has 0 aliphatic rings. The van der Waals surface area contributed by atoms with E-state index in [0.717, 1.165) is 16.7 Å². The van der Waals surface area contributed by atoms with Crippen molar-refractivity contribution in [3.8, 4) is 16.8 Å². The number of nitrogens with zero attached hydrogens (tertiary/aromatic N) is 1. The van der Waals surface area contributed by atoms with Gasteiger partial charge < -0.3 is 0 Å². The SMILES string of the molecule is Cc1cc(=O)n(-c2ccccc2F)cc1-c1ccc(F)cc1. The van der Waals surface area contributed by atoms with Gasteiger partial charge in [0.05, 0.1) is 5.69 Å². The third-order valence-corrected chi connectivity index (χ3v) is 3.53. The average molecular weight is 297 g/mol. The van der Waals surface area contributed by atoms with Crippen LogP contribution in [-0.2, 0) is 0 Å². The van der Waals surface area contributed by atoms with E-state index >= 15 is 0 Å². The quantitative estimate of drug-likeness (QED) is 0.698. The van der Waals surface area contributed by atoms with Crippen LogP contribution in [-0.4, -0.2) is 4.57 Å². The number of aryl methyl sites for hydroxylation is 1. The second-order valence-corrected chi connectivity index (χ2v) is 5.04. The first-order valence-electron chi connectivity index (χ1n) is 6.80. The minimum absolute atomic E-state index is 0.191. The molecule has 0 saturated heterocycles. The molecule has 0 atom stereocenters. The van der Waals surface area contributed by atoms with Crippen LogP contribution in [0.15, 0.2) is 65.6 Å². The Bertz CT molecular complexity index is 882. The molecule has 0 radical (unpaired) electrons. The van der Waals surface area contributed by atoms with E-state index in [1.807, 2.05) is 0 Å². The zero-order chi connectivity index (χ0) is 15.7. The molecule has 0 N–H and O–H groups in total. The van der Waals surface area contributed by atoms with Crippen LogP contribution in [0.5, 0.6) is 0 Å². The highest BCUT2D eigenvalue weighted by molar-refractivity contribution is 5.66. The van der Waals surface area contributed by atoms with E-state index < -0.39 is 5.82 Å². The predicted molar refractivity (Wildman–Crippen MR) is 82.1 cm³/mol. The van der Waals surface area contributed by atoms with Crippen molar-refractivity contribution < 1.29 is 8.78 Å². The van der Waals surface area contributed by atoms with Gasteiger partial charge in [0.1, 0.15) is 11.6 Å². The summed E-state index contributed by atoms with van der Waals surface area (Å²) in [5.41, 5.74) is 2.15. The van der Waals surface area contributed by atoms with Gasteiger partial charge in [-0.2, -0.15) is 0 Å². The van der Waals surface area contributed by atoms with E-state index in [1.54, 1.807) is 43.5 Å². The van der Waals surface area contributed by atoms with Crippen LogP contribution in [0.25, 0.3) is 16.8 Å². The van der Waals surface area contributed by atoms with E-state index in [9.17, 15) is 13.6 Å². The van der Waals surface area contributed by atoms with Gasteiger partial charge in [-0.05, 0) is 42.3 Å². The van der Waals surface area contributed by atoms with Crippen LogP contribution in [0, 0.1) is 18.6 Å². The monoisotopic (exact) mass is 297 g/mol. The average Bonchev–Trinajstić information content (AvgIpc) is 2.50. The molecule has 1 aromatic heterocycles. The molecule has 4 heteroatoms. The van der Waals surface area contributed by atoms with E-state index in [0.29, 0.717) is 0 Å². The van der Waals surface area contributed by atoms with Crippen LogP contribution < -0.4 is 5.56 Å². The van der Waals surface area contributed by atoms with Gasteiger partial charge in [0.15, 0.2) is 0 Å². The lowest BCUT2D eigenvalue weighted by Gasteiger charge is -2.12. The molecule has 0 aliphatic carbocycles. The number of aromatic nitrogens is 1. The van der Waals surface area contributed by atoms with Crippen LogP contribution in [0.4, 0.5) is 8.78 Å². The Hall–Kier alpha value is -2.75. The molecule has 0 saturated carbocycles.